The molecule has 0 rings (SSSR count). The second kappa shape index (κ2) is 3.06. The van der Waals surface area contributed by atoms with Crippen molar-refractivity contribution in [1.29, 1.82) is 0 Å². The largest absolute Gasteiger partial charge is 0.414 e. The Morgan fingerprint density at radius 2 is 1.89 bits per heavy atom. The van der Waals surface area contributed by atoms with E-state index < -0.39 is 12.3 Å². The maximum absolute atomic E-state index is 11.4. The quantitative estimate of drug-likeness (QED) is 0.622. The van der Waals surface area contributed by atoms with Crippen molar-refractivity contribution >= 4 is 0 Å². The minimum absolute atomic E-state index is 0.205. The number of aliphatic hydroxyl groups excluding tert-OH is 1. The summed E-state index contributed by atoms with van der Waals surface area (Å²) in [7, 11) is 0. The molecule has 0 heterocycles. The van der Waals surface area contributed by atoms with Crippen molar-refractivity contribution in [2.45, 2.75) is 32.0 Å². The molecule has 0 spiro atoms. The van der Waals surface area contributed by atoms with Crippen molar-refractivity contribution in [2.75, 3.05) is 0 Å². The van der Waals surface area contributed by atoms with Gasteiger partial charge in [0.15, 0.2) is 0 Å². The van der Waals surface area contributed by atoms with E-state index in [2.05, 4.69) is 0 Å². The molecule has 0 aromatic carbocycles. The molecule has 0 aromatic heterocycles. The first kappa shape index (κ1) is 8.75. The number of alkyl halides is 3. The van der Waals surface area contributed by atoms with Crippen molar-refractivity contribution < 1.29 is 18.3 Å². The molecule has 9 heavy (non-hydrogen) atoms. The summed E-state index contributed by atoms with van der Waals surface area (Å²) in [6.45, 7) is 1.59. The van der Waals surface area contributed by atoms with E-state index in [1.807, 2.05) is 0 Å². The van der Waals surface area contributed by atoms with Crippen molar-refractivity contribution in [1.82, 2.24) is 0 Å². The van der Waals surface area contributed by atoms with Crippen LogP contribution in [0.5, 0.6) is 0 Å². The maximum atomic E-state index is 11.4. The molecule has 0 bridgehead atoms. The monoisotopic (exact) mass is 142 g/mol. The summed E-state index contributed by atoms with van der Waals surface area (Å²) in [5.74, 6) is 0. The Balaban J connectivity index is 3.59. The van der Waals surface area contributed by atoms with Crippen LogP contribution in [0.2, 0.25) is 0 Å². The highest BCUT2D eigenvalue weighted by molar-refractivity contribution is 4.62. The standard InChI is InChI=1S/C5H9F3O/c1-2-3-4(9)5(6,7)8/h4,9H,2-3H2,1H3/t4-/m1/s1. The van der Waals surface area contributed by atoms with E-state index in [4.69, 9.17) is 5.11 Å². The van der Waals surface area contributed by atoms with E-state index in [0.29, 0.717) is 6.42 Å². The van der Waals surface area contributed by atoms with Gasteiger partial charge in [0, 0.05) is 0 Å². The van der Waals surface area contributed by atoms with Crippen LogP contribution in [0, 0.1) is 0 Å². The highest BCUT2D eigenvalue weighted by Crippen LogP contribution is 2.22. The minimum Gasteiger partial charge on any atom is -0.384 e. The van der Waals surface area contributed by atoms with Gasteiger partial charge < -0.3 is 5.11 Å². The van der Waals surface area contributed by atoms with E-state index in [-0.39, 0.29) is 6.42 Å². The molecule has 1 atom stereocenters. The second-order valence-corrected chi connectivity index (χ2v) is 1.85. The Hall–Kier alpha value is -0.250. The summed E-state index contributed by atoms with van der Waals surface area (Å²) in [5, 5.41) is 8.26. The van der Waals surface area contributed by atoms with Gasteiger partial charge in [0.1, 0.15) is 6.10 Å². The minimum atomic E-state index is -4.43. The topological polar surface area (TPSA) is 20.2 Å². The zero-order chi connectivity index (χ0) is 7.49. The average Bonchev–Trinajstić information content (AvgIpc) is 1.64. The second-order valence-electron chi connectivity index (χ2n) is 1.85. The molecule has 0 aromatic rings. The van der Waals surface area contributed by atoms with E-state index in [9.17, 15) is 13.2 Å². The van der Waals surface area contributed by atoms with E-state index in [1.54, 1.807) is 6.92 Å². The fraction of sp³-hybridized carbons (Fsp3) is 1.00. The molecule has 0 aliphatic rings. The summed E-state index contributed by atoms with van der Waals surface area (Å²) < 4.78 is 34.2. The van der Waals surface area contributed by atoms with Gasteiger partial charge in [-0.3, -0.25) is 0 Å². The molecule has 0 radical (unpaired) electrons. The molecule has 1 nitrogen and oxygen atoms in total. The van der Waals surface area contributed by atoms with Crippen molar-refractivity contribution in [3.8, 4) is 0 Å². The summed E-state index contributed by atoms with van der Waals surface area (Å²) >= 11 is 0. The van der Waals surface area contributed by atoms with E-state index in [0.717, 1.165) is 0 Å². The van der Waals surface area contributed by atoms with Crippen LogP contribution in [0.25, 0.3) is 0 Å². The van der Waals surface area contributed by atoms with Gasteiger partial charge >= 0.3 is 6.18 Å². The third-order valence-electron chi connectivity index (χ3n) is 0.940. The van der Waals surface area contributed by atoms with Gasteiger partial charge in [-0.2, -0.15) is 13.2 Å². The number of rotatable bonds is 2. The lowest BCUT2D eigenvalue weighted by Crippen LogP contribution is -2.27. The van der Waals surface area contributed by atoms with Crippen molar-refractivity contribution in [3.63, 3.8) is 0 Å². The van der Waals surface area contributed by atoms with Crippen LogP contribution in [0.4, 0.5) is 13.2 Å². The first-order valence-electron chi connectivity index (χ1n) is 2.73. The zero-order valence-electron chi connectivity index (χ0n) is 5.07. The Kier molecular flexibility index (Phi) is 2.97. The van der Waals surface area contributed by atoms with Crippen LogP contribution in [0.3, 0.4) is 0 Å². The fourth-order valence-electron chi connectivity index (χ4n) is 0.437. The molecular formula is C5H9F3O. The predicted octanol–water partition coefficient (Wildman–Crippen LogP) is 1.71. The smallest absolute Gasteiger partial charge is 0.384 e. The molecular weight excluding hydrogens is 133 g/mol. The lowest BCUT2D eigenvalue weighted by Gasteiger charge is -2.12. The van der Waals surface area contributed by atoms with Crippen molar-refractivity contribution in [3.05, 3.63) is 0 Å². The lowest BCUT2D eigenvalue weighted by molar-refractivity contribution is -0.205. The SMILES string of the molecule is CCC[C@@H](O)C(F)(F)F. The number of halogens is 3. The van der Waals surface area contributed by atoms with Gasteiger partial charge in [0.2, 0.25) is 0 Å². The average molecular weight is 142 g/mol. The lowest BCUT2D eigenvalue weighted by atomic mass is 10.2. The highest BCUT2D eigenvalue weighted by atomic mass is 19.4. The molecule has 1 N–H and O–H groups in total. The molecule has 0 saturated heterocycles. The molecule has 0 aliphatic carbocycles. The number of aliphatic hydroxyl groups is 1. The van der Waals surface area contributed by atoms with Crippen LogP contribution in [-0.2, 0) is 0 Å². The molecule has 0 amide bonds. The van der Waals surface area contributed by atoms with Crippen LogP contribution in [0.1, 0.15) is 19.8 Å². The Labute approximate surface area is 51.5 Å². The molecule has 0 saturated carbocycles. The Morgan fingerprint density at radius 1 is 1.44 bits per heavy atom. The third-order valence-corrected chi connectivity index (χ3v) is 0.940. The normalized spacial score (nSPS) is 15.7. The van der Waals surface area contributed by atoms with E-state index in [1.165, 1.54) is 0 Å². The van der Waals surface area contributed by atoms with Gasteiger partial charge in [-0.25, -0.2) is 0 Å². The third kappa shape index (κ3) is 3.35. The number of hydrogen-bond donors (Lipinski definition) is 1. The summed E-state index contributed by atoms with van der Waals surface area (Å²) in [6.07, 6.45) is -6.43. The summed E-state index contributed by atoms with van der Waals surface area (Å²) in [5.41, 5.74) is 0. The highest BCUT2D eigenvalue weighted by Gasteiger charge is 2.36. The zero-order valence-corrected chi connectivity index (χ0v) is 5.07. The molecule has 4 heteroatoms. The van der Waals surface area contributed by atoms with Gasteiger partial charge in [0.25, 0.3) is 0 Å². The summed E-state index contributed by atoms with van der Waals surface area (Å²) in [4.78, 5) is 0. The first-order chi connectivity index (χ1) is 3.98. The van der Waals surface area contributed by atoms with Crippen LogP contribution >= 0.6 is 0 Å². The number of hydrogen-bond acceptors (Lipinski definition) is 1. The first-order valence-corrected chi connectivity index (χ1v) is 2.73. The van der Waals surface area contributed by atoms with Crippen LogP contribution in [0.15, 0.2) is 0 Å². The van der Waals surface area contributed by atoms with Crippen molar-refractivity contribution in [2.24, 2.45) is 0 Å². The maximum Gasteiger partial charge on any atom is 0.414 e. The van der Waals surface area contributed by atoms with Gasteiger partial charge in [-0.15, -0.1) is 0 Å². The molecule has 0 fully saturated rings. The Morgan fingerprint density at radius 3 is 2.00 bits per heavy atom. The molecule has 0 aliphatic heterocycles. The fourth-order valence-corrected chi connectivity index (χ4v) is 0.437. The predicted molar refractivity (Wildman–Crippen MR) is 27.0 cm³/mol. The van der Waals surface area contributed by atoms with E-state index >= 15 is 0 Å². The summed E-state index contributed by atoms with van der Waals surface area (Å²) in [6, 6.07) is 0. The Bertz CT molecular complexity index is 78.8. The molecule has 0 unspecified atom stereocenters. The van der Waals surface area contributed by atoms with Crippen LogP contribution < -0.4 is 0 Å². The van der Waals surface area contributed by atoms with Gasteiger partial charge in [0.05, 0.1) is 0 Å². The molecule has 56 valence electrons. The van der Waals surface area contributed by atoms with Gasteiger partial charge in [-0.05, 0) is 6.42 Å². The van der Waals surface area contributed by atoms with Crippen LogP contribution in [-0.4, -0.2) is 17.4 Å². The van der Waals surface area contributed by atoms with Gasteiger partial charge in [-0.1, -0.05) is 13.3 Å².